The van der Waals surface area contributed by atoms with Gasteiger partial charge in [-0.1, -0.05) is 26.0 Å². The van der Waals surface area contributed by atoms with E-state index in [1.807, 2.05) is 38.1 Å². The molecule has 0 aliphatic carbocycles. The van der Waals surface area contributed by atoms with Gasteiger partial charge in [-0.25, -0.2) is 8.42 Å². The minimum Gasteiger partial charge on any atom is -0.497 e. The van der Waals surface area contributed by atoms with Crippen LogP contribution in [0.25, 0.3) is 0 Å². The highest BCUT2D eigenvalue weighted by Gasteiger charge is 2.22. The quantitative estimate of drug-likeness (QED) is 0.618. The van der Waals surface area contributed by atoms with Crippen molar-refractivity contribution in [1.82, 2.24) is 5.32 Å². The molecule has 1 N–H and O–H groups in total. The zero-order chi connectivity index (χ0) is 22.3. The van der Waals surface area contributed by atoms with Gasteiger partial charge in [-0.05, 0) is 54.8 Å². The lowest BCUT2D eigenvalue weighted by atomic mass is 10.0. The summed E-state index contributed by atoms with van der Waals surface area (Å²) in [6.07, 6.45) is 1.72. The summed E-state index contributed by atoms with van der Waals surface area (Å²) in [7, 11) is -0.239. The van der Waals surface area contributed by atoms with E-state index in [2.05, 4.69) is 5.32 Å². The maximum Gasteiger partial charge on any atom is 0.261 e. The summed E-state index contributed by atoms with van der Waals surface area (Å²) in [6.45, 7) is 3.89. The lowest BCUT2D eigenvalue weighted by molar-refractivity contribution is -0.128. The van der Waals surface area contributed by atoms with Gasteiger partial charge >= 0.3 is 0 Å². The topological polar surface area (TPSA) is 84.9 Å². The first-order chi connectivity index (χ1) is 14.2. The number of rotatable bonds is 10. The van der Waals surface area contributed by atoms with E-state index in [4.69, 9.17) is 9.47 Å². The van der Waals surface area contributed by atoms with Crippen LogP contribution in [-0.2, 0) is 14.8 Å². The number of methoxy groups -OCH3 is 1. The number of ether oxygens (including phenoxy) is 2. The summed E-state index contributed by atoms with van der Waals surface area (Å²) >= 11 is 0. The first kappa shape index (κ1) is 23.5. The van der Waals surface area contributed by atoms with Crippen LogP contribution < -0.4 is 19.1 Å². The predicted molar refractivity (Wildman–Crippen MR) is 119 cm³/mol. The molecule has 0 radical (unpaired) electrons. The van der Waals surface area contributed by atoms with Gasteiger partial charge in [-0.3, -0.25) is 9.10 Å². The predicted octanol–water partition coefficient (Wildman–Crippen LogP) is 3.52. The lowest BCUT2D eigenvalue weighted by Crippen LogP contribution is -2.39. The first-order valence-electron chi connectivity index (χ1n) is 9.84. The summed E-state index contributed by atoms with van der Waals surface area (Å²) in [5.74, 6) is 1.07. The molecular formula is C22H30N2O5S. The monoisotopic (exact) mass is 434 g/mol. The van der Waals surface area contributed by atoms with Crippen molar-refractivity contribution in [2.24, 2.45) is 0 Å². The fourth-order valence-electron chi connectivity index (χ4n) is 2.93. The molecule has 0 spiro atoms. The average Bonchev–Trinajstić information content (AvgIpc) is 2.75. The largest absolute Gasteiger partial charge is 0.497 e. The van der Waals surface area contributed by atoms with Gasteiger partial charge in [0.25, 0.3) is 5.91 Å². The van der Waals surface area contributed by atoms with Gasteiger partial charge in [0.2, 0.25) is 10.0 Å². The van der Waals surface area contributed by atoms with Crippen molar-refractivity contribution in [3.8, 4) is 11.5 Å². The van der Waals surface area contributed by atoms with E-state index < -0.39 is 16.1 Å². The van der Waals surface area contributed by atoms with Crippen molar-refractivity contribution in [1.29, 1.82) is 0 Å². The second kappa shape index (κ2) is 10.3. The third-order valence-corrected chi connectivity index (χ3v) is 6.09. The lowest BCUT2D eigenvalue weighted by Gasteiger charge is -2.23. The van der Waals surface area contributed by atoms with Crippen LogP contribution in [0.2, 0.25) is 0 Å². The van der Waals surface area contributed by atoms with Crippen molar-refractivity contribution in [2.75, 3.05) is 24.7 Å². The third kappa shape index (κ3) is 6.13. The Morgan fingerprint density at radius 3 is 2.03 bits per heavy atom. The van der Waals surface area contributed by atoms with Crippen LogP contribution in [0.3, 0.4) is 0 Å². The van der Waals surface area contributed by atoms with Gasteiger partial charge < -0.3 is 14.8 Å². The van der Waals surface area contributed by atoms with Crippen molar-refractivity contribution < 1.29 is 22.7 Å². The molecule has 0 saturated heterocycles. The van der Waals surface area contributed by atoms with Gasteiger partial charge in [0.05, 0.1) is 25.1 Å². The maximum atomic E-state index is 12.8. The molecule has 7 nitrogen and oxygen atoms in total. The second-order valence-corrected chi connectivity index (χ2v) is 9.00. The van der Waals surface area contributed by atoms with Gasteiger partial charge in [0.15, 0.2) is 6.10 Å². The Balaban J connectivity index is 2.06. The molecule has 0 aromatic heterocycles. The number of amides is 1. The molecule has 0 heterocycles. The number of sulfonamides is 1. The number of anilines is 1. The molecule has 8 heteroatoms. The second-order valence-electron chi connectivity index (χ2n) is 6.98. The highest BCUT2D eigenvalue weighted by Crippen LogP contribution is 2.23. The number of nitrogens with zero attached hydrogens (tertiary/aromatic N) is 1. The van der Waals surface area contributed by atoms with Crippen LogP contribution in [0.5, 0.6) is 11.5 Å². The van der Waals surface area contributed by atoms with E-state index >= 15 is 0 Å². The Bertz CT molecular complexity index is 927. The third-order valence-electron chi connectivity index (χ3n) is 4.88. The van der Waals surface area contributed by atoms with Crippen LogP contribution >= 0.6 is 0 Å². The van der Waals surface area contributed by atoms with E-state index in [9.17, 15) is 13.2 Å². The summed E-state index contributed by atoms with van der Waals surface area (Å²) < 4.78 is 35.5. The highest BCUT2D eigenvalue weighted by molar-refractivity contribution is 7.92. The van der Waals surface area contributed by atoms with Gasteiger partial charge in [-0.15, -0.1) is 0 Å². The summed E-state index contributed by atoms with van der Waals surface area (Å²) in [5, 5.41) is 3.05. The Kier molecular flexibility index (Phi) is 8.11. The number of nitrogens with one attached hydrogen (secondary N) is 1. The molecule has 0 aliphatic rings. The maximum absolute atomic E-state index is 12.8. The summed E-state index contributed by atoms with van der Waals surface area (Å²) in [4.78, 5) is 12.8. The Morgan fingerprint density at radius 1 is 1.00 bits per heavy atom. The Hall–Kier alpha value is -2.74. The Labute approximate surface area is 179 Å². The van der Waals surface area contributed by atoms with Crippen molar-refractivity contribution >= 4 is 21.6 Å². The summed E-state index contributed by atoms with van der Waals surface area (Å²) in [5.41, 5.74) is 1.52. The summed E-state index contributed by atoms with van der Waals surface area (Å²) in [6, 6.07) is 14.1. The van der Waals surface area contributed by atoms with Crippen molar-refractivity contribution in [3.63, 3.8) is 0 Å². The van der Waals surface area contributed by atoms with E-state index in [0.29, 0.717) is 17.9 Å². The fourth-order valence-corrected chi connectivity index (χ4v) is 3.44. The number of hydrogen-bond acceptors (Lipinski definition) is 5. The molecule has 0 aliphatic heterocycles. The highest BCUT2D eigenvalue weighted by atomic mass is 32.2. The molecule has 2 aromatic rings. The average molecular weight is 435 g/mol. The molecule has 2 rings (SSSR count). The minimum atomic E-state index is -3.34. The zero-order valence-electron chi connectivity index (χ0n) is 18.1. The van der Waals surface area contributed by atoms with Crippen LogP contribution in [0.1, 0.15) is 38.3 Å². The molecule has 164 valence electrons. The van der Waals surface area contributed by atoms with Crippen LogP contribution in [-0.4, -0.2) is 40.8 Å². The van der Waals surface area contributed by atoms with Gasteiger partial charge in [-0.2, -0.15) is 0 Å². The molecule has 0 fully saturated rings. The standard InChI is InChI=1S/C22H30N2O5S/c1-6-20(16-8-12-18(28-4)13-9-16)23-22(25)21(7-2)29-19-14-10-17(11-15-19)24(3)30(5,26)27/h8-15,20-21H,6-7H2,1-5H3,(H,23,25)/t20-,21-/m0/s1. The number of benzene rings is 2. The Morgan fingerprint density at radius 2 is 1.57 bits per heavy atom. The SMILES string of the molecule is CC[C@H](Oc1ccc(N(C)S(C)(=O)=O)cc1)C(=O)N[C@@H](CC)c1ccc(OC)cc1. The molecule has 0 saturated carbocycles. The van der Waals surface area contributed by atoms with Gasteiger partial charge in [0, 0.05) is 7.05 Å². The number of hydrogen-bond donors (Lipinski definition) is 1. The van der Waals surface area contributed by atoms with Crippen molar-refractivity contribution in [3.05, 3.63) is 54.1 Å². The smallest absolute Gasteiger partial charge is 0.261 e. The first-order valence-corrected chi connectivity index (χ1v) is 11.7. The molecule has 1 amide bonds. The van der Waals surface area contributed by atoms with E-state index in [1.165, 1.54) is 11.4 Å². The number of carbonyl (C=O) groups is 1. The normalized spacial score (nSPS) is 13.2. The zero-order valence-corrected chi connectivity index (χ0v) is 18.9. The number of carbonyl (C=O) groups excluding carboxylic acids is 1. The van der Waals surface area contributed by atoms with Gasteiger partial charge in [0.1, 0.15) is 11.5 Å². The van der Waals surface area contributed by atoms with Crippen LogP contribution in [0, 0.1) is 0 Å². The van der Waals surface area contributed by atoms with E-state index in [0.717, 1.165) is 24.0 Å². The van der Waals surface area contributed by atoms with Crippen molar-refractivity contribution in [2.45, 2.75) is 38.8 Å². The minimum absolute atomic E-state index is 0.133. The fraction of sp³-hybridized carbons (Fsp3) is 0.409. The van der Waals surface area contributed by atoms with Crippen LogP contribution in [0.4, 0.5) is 5.69 Å². The molecule has 2 aromatic carbocycles. The molecule has 0 unspecified atom stereocenters. The van der Waals surface area contributed by atoms with Crippen LogP contribution in [0.15, 0.2) is 48.5 Å². The molecular weight excluding hydrogens is 404 g/mol. The van der Waals surface area contributed by atoms with E-state index in [-0.39, 0.29) is 11.9 Å². The molecule has 30 heavy (non-hydrogen) atoms. The molecule has 2 atom stereocenters. The molecule has 0 bridgehead atoms. The van der Waals surface area contributed by atoms with E-state index in [1.54, 1.807) is 31.4 Å².